The van der Waals surface area contributed by atoms with Crippen LogP contribution < -0.4 is 4.90 Å². The summed E-state index contributed by atoms with van der Waals surface area (Å²) in [4.78, 5) is 21.5. The Morgan fingerprint density at radius 3 is 2.39 bits per heavy atom. The van der Waals surface area contributed by atoms with Crippen LogP contribution in [0.25, 0.3) is 16.6 Å². The van der Waals surface area contributed by atoms with Crippen molar-refractivity contribution in [2.45, 2.75) is 44.1 Å². The van der Waals surface area contributed by atoms with Crippen LogP contribution in [0.2, 0.25) is 0 Å². The molecule has 2 atom stereocenters. The van der Waals surface area contributed by atoms with Crippen LogP contribution in [0.4, 0.5) is 19.0 Å². The molecule has 1 saturated carbocycles. The van der Waals surface area contributed by atoms with Crippen molar-refractivity contribution < 1.29 is 18.0 Å². The second-order valence-corrected chi connectivity index (χ2v) is 8.59. The Morgan fingerprint density at radius 1 is 1.00 bits per heavy atom. The molecule has 31 heavy (non-hydrogen) atoms. The lowest BCUT2D eigenvalue weighted by Crippen LogP contribution is -2.56. The molecule has 3 aromatic rings. The molecule has 2 unspecified atom stereocenters. The number of piperazine rings is 1. The summed E-state index contributed by atoms with van der Waals surface area (Å²) in [6.45, 7) is 1.41. The summed E-state index contributed by atoms with van der Waals surface area (Å²) < 4.78 is 40.3. The van der Waals surface area contributed by atoms with Gasteiger partial charge in [-0.1, -0.05) is 0 Å². The van der Waals surface area contributed by atoms with Crippen molar-refractivity contribution in [3.05, 3.63) is 31.0 Å². The van der Waals surface area contributed by atoms with E-state index >= 15 is 0 Å². The molecule has 2 bridgehead atoms. The van der Waals surface area contributed by atoms with Gasteiger partial charge in [-0.3, -0.25) is 4.79 Å². The Balaban J connectivity index is 1.31. The van der Waals surface area contributed by atoms with Crippen molar-refractivity contribution in [2.75, 3.05) is 18.0 Å². The summed E-state index contributed by atoms with van der Waals surface area (Å²) in [7, 11) is 0. The highest BCUT2D eigenvalue weighted by Gasteiger charge is 2.47. The normalized spacial score (nSPS) is 23.7. The molecule has 0 spiro atoms. The number of anilines is 1. The highest BCUT2D eigenvalue weighted by atomic mass is 19.4. The molecule has 3 fully saturated rings. The molecule has 0 aromatic carbocycles. The molecule has 11 heteroatoms. The summed E-state index contributed by atoms with van der Waals surface area (Å²) in [5.74, 6) is 1.25. The molecule has 1 amide bonds. The highest BCUT2D eigenvalue weighted by Crippen LogP contribution is 2.39. The lowest BCUT2D eigenvalue weighted by Gasteiger charge is -2.41. The van der Waals surface area contributed by atoms with Gasteiger partial charge in [0.15, 0.2) is 5.82 Å². The second kappa shape index (κ2) is 6.44. The minimum Gasteiger partial charge on any atom is -0.351 e. The van der Waals surface area contributed by atoms with Crippen LogP contribution in [0, 0.1) is 5.92 Å². The maximum absolute atomic E-state index is 12.9. The average Bonchev–Trinajstić information content (AvgIpc) is 3.17. The SMILES string of the molecule is O=C(C1CC1)N1C2CCC1CN(c1ncnn3cc(-c4cnn(C(F)(F)F)c4)cc13)C2. The first-order valence-electron chi connectivity index (χ1n) is 10.4. The number of hydrogen-bond donors (Lipinski definition) is 0. The van der Waals surface area contributed by atoms with Gasteiger partial charge in [0.2, 0.25) is 5.91 Å². The molecule has 2 aliphatic heterocycles. The Labute approximate surface area is 175 Å². The molecular weight excluding hydrogens is 411 g/mol. The van der Waals surface area contributed by atoms with Gasteiger partial charge in [-0.25, -0.2) is 9.50 Å². The fraction of sp³-hybridized carbons (Fsp3) is 0.500. The lowest BCUT2D eigenvalue weighted by molar-refractivity contribution is -0.212. The van der Waals surface area contributed by atoms with E-state index < -0.39 is 6.30 Å². The van der Waals surface area contributed by atoms with Gasteiger partial charge in [-0.15, -0.1) is 13.2 Å². The number of carbonyl (C=O) groups excluding carboxylic acids is 1. The maximum atomic E-state index is 12.9. The van der Waals surface area contributed by atoms with E-state index in [1.54, 1.807) is 16.8 Å². The standard InChI is InChI=1S/C20H20F3N7O/c21-20(22,23)29-8-14(6-25-29)13-5-17-18(24-11-26-28(17)7-13)27-9-15-3-4-16(10-27)30(15)19(31)12-1-2-12/h5-8,11-12,15-16H,1-4,9-10H2. The van der Waals surface area contributed by atoms with Crippen LogP contribution in [0.3, 0.4) is 0 Å². The van der Waals surface area contributed by atoms with Crippen molar-refractivity contribution in [3.63, 3.8) is 0 Å². The van der Waals surface area contributed by atoms with E-state index in [2.05, 4.69) is 25.0 Å². The first-order valence-corrected chi connectivity index (χ1v) is 10.4. The largest absolute Gasteiger partial charge is 0.504 e. The summed E-state index contributed by atoms with van der Waals surface area (Å²) >= 11 is 0. The maximum Gasteiger partial charge on any atom is 0.504 e. The molecule has 1 aliphatic carbocycles. The minimum atomic E-state index is -4.56. The van der Waals surface area contributed by atoms with Gasteiger partial charge >= 0.3 is 6.30 Å². The molecular formula is C20H20F3N7O. The first kappa shape index (κ1) is 18.6. The molecule has 6 rings (SSSR count). The van der Waals surface area contributed by atoms with Gasteiger partial charge in [-0.05, 0) is 31.7 Å². The van der Waals surface area contributed by atoms with E-state index in [9.17, 15) is 18.0 Å². The van der Waals surface area contributed by atoms with Gasteiger partial charge in [0.25, 0.3) is 0 Å². The molecule has 8 nitrogen and oxygen atoms in total. The summed E-state index contributed by atoms with van der Waals surface area (Å²) in [6, 6.07) is 2.15. The van der Waals surface area contributed by atoms with Crippen LogP contribution in [-0.4, -0.2) is 60.4 Å². The van der Waals surface area contributed by atoms with Crippen LogP contribution >= 0.6 is 0 Å². The highest BCUT2D eigenvalue weighted by molar-refractivity contribution is 5.83. The molecule has 2 saturated heterocycles. The van der Waals surface area contributed by atoms with E-state index in [1.807, 2.05) is 0 Å². The number of nitrogens with zero attached hydrogens (tertiary/aromatic N) is 7. The Bertz CT molecular complexity index is 1150. The lowest BCUT2D eigenvalue weighted by atomic mass is 10.1. The minimum absolute atomic E-state index is 0.00888. The van der Waals surface area contributed by atoms with Crippen LogP contribution in [0.1, 0.15) is 25.7 Å². The van der Waals surface area contributed by atoms with Gasteiger partial charge in [0, 0.05) is 54.6 Å². The van der Waals surface area contributed by atoms with Crippen LogP contribution in [0.15, 0.2) is 31.0 Å². The van der Waals surface area contributed by atoms with Crippen molar-refractivity contribution in [3.8, 4) is 11.1 Å². The summed E-state index contributed by atoms with van der Waals surface area (Å²) in [5, 5.41) is 7.65. The number of hydrogen-bond acceptors (Lipinski definition) is 5. The molecule has 5 heterocycles. The Kier molecular flexibility index (Phi) is 3.87. The fourth-order valence-corrected chi connectivity index (χ4v) is 4.91. The molecule has 162 valence electrons. The van der Waals surface area contributed by atoms with E-state index in [-0.39, 0.29) is 22.7 Å². The van der Waals surface area contributed by atoms with Gasteiger partial charge in [0.05, 0.1) is 6.20 Å². The van der Waals surface area contributed by atoms with Gasteiger partial charge in [0.1, 0.15) is 11.8 Å². The zero-order valence-corrected chi connectivity index (χ0v) is 16.5. The Morgan fingerprint density at radius 2 is 1.74 bits per heavy atom. The predicted molar refractivity (Wildman–Crippen MR) is 104 cm³/mol. The number of aromatic nitrogens is 5. The van der Waals surface area contributed by atoms with Crippen molar-refractivity contribution in [1.29, 1.82) is 0 Å². The summed E-state index contributed by atoms with van der Waals surface area (Å²) in [5.41, 5.74) is 1.66. The summed E-state index contributed by atoms with van der Waals surface area (Å²) in [6.07, 6.45) is 4.72. The number of carbonyl (C=O) groups is 1. The third kappa shape index (κ3) is 3.05. The van der Waals surface area contributed by atoms with Crippen molar-refractivity contribution in [2.24, 2.45) is 5.92 Å². The topological polar surface area (TPSA) is 71.6 Å². The number of rotatable bonds is 3. The number of halogens is 3. The van der Waals surface area contributed by atoms with Gasteiger partial charge in [-0.2, -0.15) is 14.9 Å². The van der Waals surface area contributed by atoms with E-state index in [0.717, 1.165) is 43.2 Å². The monoisotopic (exact) mass is 431 g/mol. The number of amides is 1. The number of fused-ring (bicyclic) bond motifs is 3. The van der Waals surface area contributed by atoms with E-state index in [1.165, 1.54) is 12.5 Å². The predicted octanol–water partition coefficient (Wildman–Crippen LogP) is 2.66. The molecule has 3 aromatic heterocycles. The molecule has 3 aliphatic rings. The third-order valence-electron chi connectivity index (χ3n) is 6.52. The average molecular weight is 431 g/mol. The zero-order valence-electron chi connectivity index (χ0n) is 16.5. The first-order chi connectivity index (χ1) is 14.9. The third-order valence-corrected chi connectivity index (χ3v) is 6.52. The van der Waals surface area contributed by atoms with E-state index in [0.29, 0.717) is 30.1 Å². The van der Waals surface area contributed by atoms with E-state index in [4.69, 9.17) is 0 Å². The fourth-order valence-electron chi connectivity index (χ4n) is 4.91. The second-order valence-electron chi connectivity index (χ2n) is 8.59. The molecule has 0 radical (unpaired) electrons. The van der Waals surface area contributed by atoms with Crippen molar-refractivity contribution in [1.82, 2.24) is 29.3 Å². The zero-order chi connectivity index (χ0) is 21.3. The van der Waals surface area contributed by atoms with Gasteiger partial charge < -0.3 is 9.80 Å². The smallest absolute Gasteiger partial charge is 0.351 e. The number of alkyl halides is 3. The quantitative estimate of drug-likeness (QED) is 0.638. The Hall–Kier alpha value is -3.11. The molecule has 0 N–H and O–H groups in total. The van der Waals surface area contributed by atoms with Crippen LogP contribution in [-0.2, 0) is 11.1 Å². The van der Waals surface area contributed by atoms with Crippen molar-refractivity contribution >= 4 is 17.2 Å². The van der Waals surface area contributed by atoms with Crippen LogP contribution in [0.5, 0.6) is 0 Å².